The Hall–Kier alpha value is -1.55. The summed E-state index contributed by atoms with van der Waals surface area (Å²) in [5.41, 5.74) is 2.08. The third kappa shape index (κ3) is 4.37. The molecule has 1 aromatic rings. The Morgan fingerprint density at radius 3 is 2.67 bits per heavy atom. The fraction of sp³-hybridized carbons (Fsp3) is 0.333. The molecule has 0 unspecified atom stereocenters. The maximum Gasteiger partial charge on any atom is 0.298 e. The average molecular weight is 268 g/mol. The predicted octanol–water partition coefficient (Wildman–Crippen LogP) is 0.605. The molecule has 0 amide bonds. The lowest BCUT2D eigenvalue weighted by Gasteiger charge is -2.09. The lowest BCUT2D eigenvalue weighted by atomic mass is 10.1. The smallest absolute Gasteiger partial charge is 0.298 e. The molecule has 0 atom stereocenters. The normalized spacial score (nSPS) is 10.6. The standard InChI is InChI=1S/C12H16N2O3S/c1-10-9-11(5-3-4-8-15)6-7-12(10)14-18(16,17)13-2/h6-7,9,13-15H,4,8H2,1-2H3. The van der Waals surface area contributed by atoms with Crippen molar-refractivity contribution in [3.8, 4) is 11.8 Å². The van der Waals surface area contributed by atoms with Crippen LogP contribution in [0.3, 0.4) is 0 Å². The van der Waals surface area contributed by atoms with Crippen LogP contribution in [0.4, 0.5) is 5.69 Å². The van der Waals surface area contributed by atoms with E-state index in [-0.39, 0.29) is 6.61 Å². The van der Waals surface area contributed by atoms with E-state index in [9.17, 15) is 8.42 Å². The van der Waals surface area contributed by atoms with E-state index in [1.54, 1.807) is 25.1 Å². The van der Waals surface area contributed by atoms with Crippen LogP contribution in [0, 0.1) is 18.8 Å². The van der Waals surface area contributed by atoms with Gasteiger partial charge in [0.25, 0.3) is 10.2 Å². The first-order valence-corrected chi connectivity index (χ1v) is 6.88. The summed E-state index contributed by atoms with van der Waals surface area (Å²) in [7, 11) is -2.16. The number of aliphatic hydroxyl groups is 1. The number of hydrogen-bond acceptors (Lipinski definition) is 3. The van der Waals surface area contributed by atoms with E-state index in [0.717, 1.165) is 11.1 Å². The van der Waals surface area contributed by atoms with E-state index < -0.39 is 10.2 Å². The van der Waals surface area contributed by atoms with Gasteiger partial charge in [-0.1, -0.05) is 11.8 Å². The quantitative estimate of drug-likeness (QED) is 0.700. The Kier molecular flexibility index (Phi) is 5.16. The van der Waals surface area contributed by atoms with Crippen molar-refractivity contribution in [1.29, 1.82) is 0 Å². The molecule has 0 aliphatic rings. The molecular weight excluding hydrogens is 252 g/mol. The molecule has 0 saturated heterocycles. The van der Waals surface area contributed by atoms with Gasteiger partial charge in [0.1, 0.15) is 0 Å². The van der Waals surface area contributed by atoms with Gasteiger partial charge < -0.3 is 5.11 Å². The van der Waals surface area contributed by atoms with Gasteiger partial charge in [-0.15, -0.1) is 0 Å². The molecule has 1 rings (SSSR count). The van der Waals surface area contributed by atoms with E-state index in [1.807, 2.05) is 0 Å². The maximum atomic E-state index is 11.3. The van der Waals surface area contributed by atoms with E-state index in [0.29, 0.717) is 12.1 Å². The van der Waals surface area contributed by atoms with Gasteiger partial charge in [-0.25, -0.2) is 4.72 Å². The highest BCUT2D eigenvalue weighted by Crippen LogP contribution is 2.16. The van der Waals surface area contributed by atoms with Gasteiger partial charge in [-0.3, -0.25) is 4.72 Å². The summed E-state index contributed by atoms with van der Waals surface area (Å²) < 4.78 is 27.3. The number of aliphatic hydroxyl groups excluding tert-OH is 1. The molecule has 0 spiro atoms. The minimum absolute atomic E-state index is 0.0338. The van der Waals surface area contributed by atoms with Gasteiger partial charge in [0.05, 0.1) is 12.3 Å². The Labute approximate surface area is 107 Å². The van der Waals surface area contributed by atoms with Crippen LogP contribution in [0.1, 0.15) is 17.5 Å². The first-order valence-electron chi connectivity index (χ1n) is 5.40. The molecule has 98 valence electrons. The zero-order chi connectivity index (χ0) is 13.6. The topological polar surface area (TPSA) is 78.4 Å². The molecule has 0 aliphatic heterocycles. The van der Waals surface area contributed by atoms with Gasteiger partial charge in [-0.2, -0.15) is 8.42 Å². The molecule has 0 heterocycles. The minimum atomic E-state index is -3.50. The summed E-state index contributed by atoms with van der Waals surface area (Å²) in [6, 6.07) is 5.18. The Morgan fingerprint density at radius 2 is 2.11 bits per heavy atom. The highest BCUT2D eigenvalue weighted by Gasteiger charge is 2.08. The zero-order valence-corrected chi connectivity index (χ0v) is 11.1. The molecule has 3 N–H and O–H groups in total. The molecule has 18 heavy (non-hydrogen) atoms. The number of nitrogens with one attached hydrogen (secondary N) is 2. The van der Waals surface area contributed by atoms with Crippen LogP contribution >= 0.6 is 0 Å². The number of anilines is 1. The van der Waals surface area contributed by atoms with E-state index >= 15 is 0 Å². The van der Waals surface area contributed by atoms with Gasteiger partial charge in [0.2, 0.25) is 0 Å². The molecule has 0 radical (unpaired) electrons. The Balaban J connectivity index is 2.91. The summed E-state index contributed by atoms with van der Waals surface area (Å²) in [6.45, 7) is 1.83. The minimum Gasteiger partial charge on any atom is -0.395 e. The first-order chi connectivity index (χ1) is 8.48. The molecule has 5 nitrogen and oxygen atoms in total. The van der Waals surface area contributed by atoms with Crippen LogP contribution in [0.5, 0.6) is 0 Å². The molecular formula is C12H16N2O3S. The average Bonchev–Trinajstić information content (AvgIpc) is 2.33. The Bertz CT molecular complexity index is 571. The summed E-state index contributed by atoms with van der Waals surface area (Å²) in [5.74, 6) is 5.69. The van der Waals surface area contributed by atoms with Crippen molar-refractivity contribution in [3.05, 3.63) is 29.3 Å². The van der Waals surface area contributed by atoms with Gasteiger partial charge in [0, 0.05) is 19.0 Å². The van der Waals surface area contributed by atoms with Crippen LogP contribution in [-0.2, 0) is 10.2 Å². The van der Waals surface area contributed by atoms with Crippen molar-refractivity contribution in [2.75, 3.05) is 18.4 Å². The lowest BCUT2D eigenvalue weighted by molar-refractivity contribution is 0.305. The number of benzene rings is 1. The van der Waals surface area contributed by atoms with Crippen molar-refractivity contribution < 1.29 is 13.5 Å². The highest BCUT2D eigenvalue weighted by molar-refractivity contribution is 7.90. The molecule has 1 aromatic carbocycles. The molecule has 0 saturated carbocycles. The third-order valence-corrected chi connectivity index (χ3v) is 3.24. The lowest BCUT2D eigenvalue weighted by Crippen LogP contribution is -2.26. The van der Waals surface area contributed by atoms with Crippen molar-refractivity contribution in [3.63, 3.8) is 0 Å². The monoisotopic (exact) mass is 268 g/mol. The van der Waals surface area contributed by atoms with Crippen LogP contribution in [0.2, 0.25) is 0 Å². The van der Waals surface area contributed by atoms with Gasteiger partial charge in [-0.05, 0) is 30.7 Å². The van der Waals surface area contributed by atoms with Crippen molar-refractivity contribution in [2.45, 2.75) is 13.3 Å². The fourth-order valence-electron chi connectivity index (χ4n) is 1.27. The van der Waals surface area contributed by atoms with E-state index in [4.69, 9.17) is 5.11 Å². The van der Waals surface area contributed by atoms with Crippen LogP contribution in [0.25, 0.3) is 0 Å². The number of rotatable bonds is 4. The van der Waals surface area contributed by atoms with Crippen molar-refractivity contribution in [1.82, 2.24) is 4.72 Å². The maximum absolute atomic E-state index is 11.3. The molecule has 0 aromatic heterocycles. The second-order valence-corrected chi connectivity index (χ2v) is 5.23. The van der Waals surface area contributed by atoms with E-state index in [1.165, 1.54) is 7.05 Å². The summed E-state index contributed by atoms with van der Waals surface area (Å²) in [4.78, 5) is 0. The van der Waals surface area contributed by atoms with E-state index in [2.05, 4.69) is 21.3 Å². The second kappa shape index (κ2) is 6.40. The van der Waals surface area contributed by atoms with Gasteiger partial charge in [0.15, 0.2) is 0 Å². The van der Waals surface area contributed by atoms with Crippen molar-refractivity contribution >= 4 is 15.9 Å². The van der Waals surface area contributed by atoms with Crippen LogP contribution < -0.4 is 9.44 Å². The fourth-order valence-corrected chi connectivity index (χ4v) is 1.89. The van der Waals surface area contributed by atoms with Crippen molar-refractivity contribution in [2.24, 2.45) is 0 Å². The molecule has 0 bridgehead atoms. The highest BCUT2D eigenvalue weighted by atomic mass is 32.2. The number of aryl methyl sites for hydroxylation is 1. The van der Waals surface area contributed by atoms with Crippen LogP contribution in [0.15, 0.2) is 18.2 Å². The molecule has 6 heteroatoms. The van der Waals surface area contributed by atoms with Gasteiger partial charge >= 0.3 is 0 Å². The largest absolute Gasteiger partial charge is 0.395 e. The second-order valence-electron chi connectivity index (χ2n) is 3.61. The first kappa shape index (κ1) is 14.5. The number of hydrogen-bond donors (Lipinski definition) is 3. The predicted molar refractivity (Wildman–Crippen MR) is 71.4 cm³/mol. The zero-order valence-electron chi connectivity index (χ0n) is 10.3. The summed E-state index contributed by atoms with van der Waals surface area (Å²) in [5, 5.41) is 8.61. The molecule has 0 fully saturated rings. The summed E-state index contributed by atoms with van der Waals surface area (Å²) in [6.07, 6.45) is 0.424. The summed E-state index contributed by atoms with van der Waals surface area (Å²) >= 11 is 0. The SMILES string of the molecule is CNS(=O)(=O)Nc1ccc(C#CCCO)cc1C. The van der Waals surface area contributed by atoms with Crippen LogP contribution in [-0.4, -0.2) is 27.2 Å². The Morgan fingerprint density at radius 1 is 1.39 bits per heavy atom. The molecule has 0 aliphatic carbocycles. The third-order valence-electron chi connectivity index (χ3n) is 2.21.